The van der Waals surface area contributed by atoms with E-state index in [1.54, 1.807) is 12.1 Å². The summed E-state index contributed by atoms with van der Waals surface area (Å²) in [5.74, 6) is -2.07. The van der Waals surface area contributed by atoms with Crippen LogP contribution in [-0.2, 0) is 9.59 Å². The van der Waals surface area contributed by atoms with Crippen molar-refractivity contribution >= 4 is 29.2 Å². The summed E-state index contributed by atoms with van der Waals surface area (Å²) in [5.41, 5.74) is 3.74. The number of carboxylic acid groups (broad SMARTS) is 1. The second kappa shape index (κ2) is 6.86. The molecule has 2 aromatic rings. The van der Waals surface area contributed by atoms with Gasteiger partial charge in [-0.15, -0.1) is 0 Å². The number of ether oxygens (including phenoxy) is 1. The number of anilines is 1. The quantitative estimate of drug-likeness (QED) is 0.718. The van der Waals surface area contributed by atoms with Gasteiger partial charge >= 0.3 is 5.97 Å². The van der Waals surface area contributed by atoms with Gasteiger partial charge in [0.1, 0.15) is 17.3 Å². The first kappa shape index (κ1) is 17.7. The van der Waals surface area contributed by atoms with Gasteiger partial charge in [-0.05, 0) is 43.3 Å². The van der Waals surface area contributed by atoms with E-state index in [1.807, 2.05) is 0 Å². The predicted molar refractivity (Wildman–Crippen MR) is 86.8 cm³/mol. The Morgan fingerprint density at radius 2 is 1.79 bits per heavy atom. The molecule has 0 fully saturated rings. The predicted octanol–water partition coefficient (Wildman–Crippen LogP) is 3.01. The molecule has 126 valence electrons. The normalized spacial score (nSPS) is 13.0. The van der Waals surface area contributed by atoms with Gasteiger partial charge in [0.15, 0.2) is 5.54 Å². The van der Waals surface area contributed by atoms with Crippen LogP contribution in [0.3, 0.4) is 0 Å². The van der Waals surface area contributed by atoms with Crippen molar-refractivity contribution in [3.8, 4) is 11.5 Å². The summed E-state index contributed by atoms with van der Waals surface area (Å²) in [5, 5.41) is 11.2. The Morgan fingerprint density at radius 1 is 1.21 bits per heavy atom. The van der Waals surface area contributed by atoms with E-state index in [4.69, 9.17) is 27.2 Å². The summed E-state index contributed by atoms with van der Waals surface area (Å²) < 4.78 is 18.6. The summed E-state index contributed by atoms with van der Waals surface area (Å²) >= 11 is 5.67. The highest BCUT2D eigenvalue weighted by atomic mass is 35.5. The maximum absolute atomic E-state index is 13.1. The Balaban J connectivity index is 2.06. The smallest absolute Gasteiger partial charge is 0.333 e. The number of aliphatic carboxylic acids is 1. The van der Waals surface area contributed by atoms with Gasteiger partial charge in [-0.1, -0.05) is 11.6 Å². The van der Waals surface area contributed by atoms with Crippen LogP contribution in [0.25, 0.3) is 0 Å². The summed E-state index contributed by atoms with van der Waals surface area (Å²) in [6, 6.07) is 10.0. The number of carboxylic acids is 1. The van der Waals surface area contributed by atoms with Crippen LogP contribution in [-0.4, -0.2) is 22.5 Å². The van der Waals surface area contributed by atoms with Crippen LogP contribution in [0.4, 0.5) is 10.1 Å². The molecule has 0 saturated heterocycles. The number of carbonyl (C=O) groups excluding carboxylic acids is 1. The highest BCUT2D eigenvalue weighted by Gasteiger charge is 2.36. The van der Waals surface area contributed by atoms with Crippen molar-refractivity contribution in [1.29, 1.82) is 0 Å². The topological polar surface area (TPSA) is 102 Å². The van der Waals surface area contributed by atoms with Crippen molar-refractivity contribution in [2.45, 2.75) is 12.5 Å². The van der Waals surface area contributed by atoms with Crippen LogP contribution in [0.5, 0.6) is 11.5 Å². The zero-order chi connectivity index (χ0) is 17.9. The molecule has 0 aromatic heterocycles. The Labute approximate surface area is 142 Å². The molecule has 0 aliphatic heterocycles. The van der Waals surface area contributed by atoms with Gasteiger partial charge in [0, 0.05) is 11.8 Å². The third-order valence-corrected chi connectivity index (χ3v) is 3.44. The summed E-state index contributed by atoms with van der Waals surface area (Å²) in [6.45, 7) is 1.10. The number of nitrogens with two attached hydrogens (primary N) is 1. The van der Waals surface area contributed by atoms with E-state index in [2.05, 4.69) is 5.32 Å². The lowest BCUT2D eigenvalue weighted by molar-refractivity contribution is -0.146. The molecule has 0 saturated carbocycles. The Kier molecular flexibility index (Phi) is 5.06. The van der Waals surface area contributed by atoms with Gasteiger partial charge in [0.2, 0.25) is 0 Å². The molecule has 6 nitrogen and oxygen atoms in total. The summed E-state index contributed by atoms with van der Waals surface area (Å²) in [7, 11) is 0. The molecule has 0 spiro atoms. The van der Waals surface area contributed by atoms with E-state index >= 15 is 0 Å². The van der Waals surface area contributed by atoms with Crippen molar-refractivity contribution in [3.63, 3.8) is 0 Å². The van der Waals surface area contributed by atoms with Gasteiger partial charge in [0.05, 0.1) is 5.02 Å². The molecule has 0 aliphatic rings. The molecule has 1 amide bonds. The number of hydrogen-bond acceptors (Lipinski definition) is 4. The fourth-order valence-electron chi connectivity index (χ4n) is 1.64. The Bertz CT molecular complexity index is 778. The highest BCUT2D eigenvalue weighted by Crippen LogP contribution is 2.27. The van der Waals surface area contributed by atoms with E-state index < -0.39 is 23.2 Å². The van der Waals surface area contributed by atoms with Crippen molar-refractivity contribution in [3.05, 3.63) is 53.3 Å². The lowest BCUT2D eigenvalue weighted by atomic mass is 10.0. The van der Waals surface area contributed by atoms with E-state index in [0.717, 1.165) is 6.92 Å². The van der Waals surface area contributed by atoms with Crippen molar-refractivity contribution < 1.29 is 23.8 Å². The first-order valence-electron chi connectivity index (χ1n) is 6.77. The number of halogens is 2. The van der Waals surface area contributed by atoms with Crippen LogP contribution in [0.15, 0.2) is 42.5 Å². The van der Waals surface area contributed by atoms with Gasteiger partial charge in [-0.2, -0.15) is 0 Å². The van der Waals surface area contributed by atoms with Gasteiger partial charge in [-0.25, -0.2) is 9.18 Å². The molecule has 2 aromatic carbocycles. The highest BCUT2D eigenvalue weighted by molar-refractivity contribution is 6.30. The third-order valence-electron chi connectivity index (χ3n) is 3.15. The van der Waals surface area contributed by atoms with Crippen LogP contribution in [0.1, 0.15) is 6.92 Å². The second-order valence-corrected chi connectivity index (χ2v) is 5.57. The number of amides is 1. The molecular formula is C16H14ClFN2O4. The molecule has 0 heterocycles. The minimum Gasteiger partial charge on any atom is -0.479 e. The largest absolute Gasteiger partial charge is 0.479 e. The second-order valence-electron chi connectivity index (χ2n) is 5.16. The number of benzene rings is 2. The van der Waals surface area contributed by atoms with E-state index in [9.17, 15) is 14.0 Å². The molecule has 0 radical (unpaired) electrons. The van der Waals surface area contributed by atoms with Gasteiger partial charge < -0.3 is 20.9 Å². The molecule has 0 bridgehead atoms. The monoisotopic (exact) mass is 352 g/mol. The maximum atomic E-state index is 13.1. The van der Waals surface area contributed by atoms with E-state index in [-0.39, 0.29) is 5.02 Å². The summed E-state index contributed by atoms with van der Waals surface area (Å²) in [6.07, 6.45) is 0. The molecule has 4 N–H and O–H groups in total. The van der Waals surface area contributed by atoms with E-state index in [1.165, 1.54) is 30.3 Å². The van der Waals surface area contributed by atoms with Crippen molar-refractivity contribution in [2.24, 2.45) is 5.73 Å². The minimum atomic E-state index is -2.04. The first-order chi connectivity index (χ1) is 11.2. The number of carbonyl (C=O) groups is 2. The van der Waals surface area contributed by atoms with E-state index in [0.29, 0.717) is 17.2 Å². The molecule has 0 aliphatic carbocycles. The lowest BCUT2D eigenvalue weighted by Crippen LogP contribution is -2.54. The van der Waals surface area contributed by atoms with Crippen LogP contribution >= 0.6 is 11.6 Å². The maximum Gasteiger partial charge on any atom is 0.333 e. The first-order valence-corrected chi connectivity index (χ1v) is 7.14. The minimum absolute atomic E-state index is 0.0627. The zero-order valence-electron chi connectivity index (χ0n) is 12.5. The Morgan fingerprint density at radius 3 is 2.33 bits per heavy atom. The molecular weight excluding hydrogens is 339 g/mol. The molecule has 1 atom stereocenters. The molecule has 8 heteroatoms. The number of hydrogen-bond donors (Lipinski definition) is 3. The van der Waals surface area contributed by atoms with Crippen LogP contribution in [0, 0.1) is 5.82 Å². The number of nitrogens with one attached hydrogen (secondary N) is 1. The fraction of sp³-hybridized carbons (Fsp3) is 0.125. The molecule has 2 rings (SSSR count). The average molecular weight is 353 g/mol. The SMILES string of the molecule is C[C@](N)(C(=O)O)C(=O)Nc1ccc(Oc2ccc(F)c(Cl)c2)cc1. The van der Waals surface area contributed by atoms with Gasteiger partial charge in [-0.3, -0.25) is 4.79 Å². The van der Waals surface area contributed by atoms with Crippen LogP contribution < -0.4 is 15.8 Å². The van der Waals surface area contributed by atoms with Crippen molar-refractivity contribution in [2.75, 3.05) is 5.32 Å². The molecule has 24 heavy (non-hydrogen) atoms. The molecule has 0 unspecified atom stereocenters. The lowest BCUT2D eigenvalue weighted by Gasteiger charge is -2.18. The van der Waals surface area contributed by atoms with Crippen LogP contribution in [0.2, 0.25) is 5.02 Å². The number of rotatable bonds is 5. The summed E-state index contributed by atoms with van der Waals surface area (Å²) in [4.78, 5) is 22.7. The third kappa shape index (κ3) is 4.01. The fourth-order valence-corrected chi connectivity index (χ4v) is 1.81. The average Bonchev–Trinajstić information content (AvgIpc) is 2.52. The zero-order valence-corrected chi connectivity index (χ0v) is 13.3. The van der Waals surface area contributed by atoms with Gasteiger partial charge in [0.25, 0.3) is 5.91 Å². The van der Waals surface area contributed by atoms with Crippen molar-refractivity contribution in [1.82, 2.24) is 0 Å². The standard InChI is InChI=1S/C16H14ClFN2O4/c1-16(19,15(22)23)14(21)20-9-2-4-10(5-3-9)24-11-6-7-13(18)12(17)8-11/h2-8H,19H2,1H3,(H,20,21)(H,22,23)/t16-/m1/s1. The Hall–Kier alpha value is -2.64.